The SMILES string of the molecule is CCOc1ccc2[nH]c(=O)c(CN(C[C@@H]3CCCO3)C(=S)Nc3ccccc3C(=O)OC)cc2c1. The standard InChI is InChI=1S/C26H29N3O5S/c1-3-33-19-10-11-22-17(14-19)13-18(24(30)27-22)15-29(16-20-7-6-12-34-20)26(35)28-23-9-5-4-8-21(23)25(31)32-2/h4-5,8-11,13-14,20H,3,6-7,12,15-16H2,1-2H3,(H,27,30)(H,28,35)/t20-/m0/s1. The molecule has 184 valence electrons. The number of hydrogen-bond acceptors (Lipinski definition) is 6. The van der Waals surface area contributed by atoms with Gasteiger partial charge in [-0.3, -0.25) is 4.79 Å². The van der Waals surface area contributed by atoms with E-state index in [1.54, 1.807) is 18.2 Å². The molecule has 2 N–H and O–H groups in total. The Morgan fingerprint density at radius 1 is 1.26 bits per heavy atom. The van der Waals surface area contributed by atoms with Crippen molar-refractivity contribution in [1.29, 1.82) is 0 Å². The Bertz CT molecular complexity index is 1270. The minimum atomic E-state index is -0.461. The second kappa shape index (κ2) is 11.3. The van der Waals surface area contributed by atoms with Crippen LogP contribution in [-0.4, -0.2) is 53.9 Å². The van der Waals surface area contributed by atoms with Gasteiger partial charge in [0.2, 0.25) is 0 Å². The first kappa shape index (κ1) is 24.7. The van der Waals surface area contributed by atoms with Gasteiger partial charge in [0.1, 0.15) is 5.75 Å². The molecule has 0 amide bonds. The topological polar surface area (TPSA) is 92.9 Å². The third-order valence-corrected chi connectivity index (χ3v) is 6.23. The maximum absolute atomic E-state index is 12.9. The molecule has 1 aromatic heterocycles. The minimum absolute atomic E-state index is 0.00898. The largest absolute Gasteiger partial charge is 0.494 e. The zero-order chi connectivity index (χ0) is 24.8. The number of rotatable bonds is 8. The predicted octanol–water partition coefficient (Wildman–Crippen LogP) is 4.09. The van der Waals surface area contributed by atoms with Crippen molar-refractivity contribution in [3.63, 3.8) is 0 Å². The molecule has 1 aliphatic rings. The lowest BCUT2D eigenvalue weighted by Crippen LogP contribution is -2.40. The fourth-order valence-electron chi connectivity index (χ4n) is 4.14. The third kappa shape index (κ3) is 5.98. The highest BCUT2D eigenvalue weighted by atomic mass is 32.1. The molecule has 1 atom stereocenters. The van der Waals surface area contributed by atoms with Crippen molar-refractivity contribution in [2.45, 2.75) is 32.4 Å². The number of nitrogens with zero attached hydrogens (tertiary/aromatic N) is 1. The lowest BCUT2D eigenvalue weighted by atomic mass is 10.1. The van der Waals surface area contributed by atoms with E-state index in [4.69, 9.17) is 26.4 Å². The van der Waals surface area contributed by atoms with E-state index >= 15 is 0 Å². The summed E-state index contributed by atoms with van der Waals surface area (Å²) in [7, 11) is 1.34. The molecule has 0 spiro atoms. The smallest absolute Gasteiger partial charge is 0.339 e. The first-order chi connectivity index (χ1) is 17.0. The number of anilines is 1. The third-order valence-electron chi connectivity index (χ3n) is 5.87. The average molecular weight is 496 g/mol. The summed E-state index contributed by atoms with van der Waals surface area (Å²) in [5.74, 6) is 0.281. The Balaban J connectivity index is 1.62. The monoisotopic (exact) mass is 495 g/mol. The molecule has 9 heteroatoms. The molecule has 3 aromatic rings. The zero-order valence-electron chi connectivity index (χ0n) is 19.8. The van der Waals surface area contributed by atoms with Crippen molar-refractivity contribution in [2.75, 3.05) is 32.2 Å². The summed E-state index contributed by atoms with van der Waals surface area (Å²) in [4.78, 5) is 30.0. The maximum Gasteiger partial charge on any atom is 0.339 e. The predicted molar refractivity (Wildman–Crippen MR) is 139 cm³/mol. The lowest BCUT2D eigenvalue weighted by molar-refractivity contribution is 0.0602. The molecule has 1 saturated heterocycles. The van der Waals surface area contributed by atoms with Crippen LogP contribution in [0.3, 0.4) is 0 Å². The van der Waals surface area contributed by atoms with Crippen LogP contribution in [0.15, 0.2) is 53.3 Å². The molecule has 2 heterocycles. The summed E-state index contributed by atoms with van der Waals surface area (Å²) in [6.45, 7) is 3.99. The van der Waals surface area contributed by atoms with E-state index < -0.39 is 5.97 Å². The summed E-state index contributed by atoms with van der Waals surface area (Å²) >= 11 is 5.74. The van der Waals surface area contributed by atoms with E-state index in [9.17, 15) is 9.59 Å². The van der Waals surface area contributed by atoms with E-state index in [1.807, 2.05) is 42.2 Å². The number of benzene rings is 2. The number of carbonyl (C=O) groups excluding carboxylic acids is 1. The number of hydrogen-bond donors (Lipinski definition) is 2. The molecule has 1 fully saturated rings. The van der Waals surface area contributed by atoms with Gasteiger partial charge in [-0.15, -0.1) is 0 Å². The van der Waals surface area contributed by atoms with Crippen LogP contribution in [0.4, 0.5) is 5.69 Å². The van der Waals surface area contributed by atoms with E-state index in [0.29, 0.717) is 41.7 Å². The van der Waals surface area contributed by atoms with Crippen LogP contribution in [-0.2, 0) is 16.0 Å². The van der Waals surface area contributed by atoms with E-state index in [2.05, 4.69) is 10.3 Å². The van der Waals surface area contributed by atoms with Crippen molar-refractivity contribution in [3.05, 3.63) is 70.0 Å². The van der Waals surface area contributed by atoms with Crippen LogP contribution >= 0.6 is 12.2 Å². The molecule has 35 heavy (non-hydrogen) atoms. The number of fused-ring (bicyclic) bond motifs is 1. The summed E-state index contributed by atoms with van der Waals surface area (Å²) in [6.07, 6.45) is 1.92. The Kier molecular flexibility index (Phi) is 7.99. The molecule has 1 aliphatic heterocycles. The van der Waals surface area contributed by atoms with Crippen LogP contribution in [0.5, 0.6) is 5.75 Å². The highest BCUT2D eigenvalue weighted by Crippen LogP contribution is 2.22. The molecule has 4 rings (SSSR count). The highest BCUT2D eigenvalue weighted by Gasteiger charge is 2.23. The van der Waals surface area contributed by atoms with Gasteiger partial charge in [0.25, 0.3) is 5.56 Å². The van der Waals surface area contributed by atoms with Crippen molar-refractivity contribution < 1.29 is 19.0 Å². The second-order valence-corrected chi connectivity index (χ2v) is 8.68. The molecular formula is C26H29N3O5S. The summed E-state index contributed by atoms with van der Waals surface area (Å²) in [5.41, 5.74) is 2.03. The van der Waals surface area contributed by atoms with Gasteiger partial charge in [0, 0.05) is 29.6 Å². The fraction of sp³-hybridized carbons (Fsp3) is 0.346. The number of thiocarbonyl (C=S) groups is 1. The van der Waals surface area contributed by atoms with Gasteiger partial charge in [0.05, 0.1) is 37.6 Å². The molecule has 0 aliphatic carbocycles. The van der Waals surface area contributed by atoms with Crippen molar-refractivity contribution in [2.24, 2.45) is 0 Å². The van der Waals surface area contributed by atoms with Gasteiger partial charge < -0.3 is 29.4 Å². The Labute approximate surface area is 209 Å². The highest BCUT2D eigenvalue weighted by molar-refractivity contribution is 7.80. The first-order valence-electron chi connectivity index (χ1n) is 11.6. The number of carbonyl (C=O) groups is 1. The van der Waals surface area contributed by atoms with Crippen LogP contribution in [0.2, 0.25) is 0 Å². The number of pyridine rings is 1. The van der Waals surface area contributed by atoms with E-state index in [1.165, 1.54) is 7.11 Å². The van der Waals surface area contributed by atoms with E-state index in [0.717, 1.165) is 29.5 Å². The van der Waals surface area contributed by atoms with Gasteiger partial charge in [-0.2, -0.15) is 0 Å². The average Bonchev–Trinajstić information content (AvgIpc) is 3.37. The van der Waals surface area contributed by atoms with Gasteiger partial charge in [-0.1, -0.05) is 12.1 Å². The molecule has 0 bridgehead atoms. The normalized spacial score (nSPS) is 15.1. The lowest BCUT2D eigenvalue weighted by Gasteiger charge is -2.28. The minimum Gasteiger partial charge on any atom is -0.494 e. The van der Waals surface area contributed by atoms with Crippen molar-refractivity contribution in [3.8, 4) is 5.75 Å². The Morgan fingerprint density at radius 2 is 2.09 bits per heavy atom. The number of aromatic nitrogens is 1. The second-order valence-electron chi connectivity index (χ2n) is 8.29. The van der Waals surface area contributed by atoms with Crippen molar-refractivity contribution >= 4 is 39.9 Å². The van der Waals surface area contributed by atoms with Gasteiger partial charge in [-0.25, -0.2) is 4.79 Å². The number of para-hydroxylation sites is 1. The Morgan fingerprint density at radius 3 is 2.83 bits per heavy atom. The van der Waals surface area contributed by atoms with Crippen LogP contribution in [0.25, 0.3) is 10.9 Å². The number of methoxy groups -OCH3 is 1. The van der Waals surface area contributed by atoms with Gasteiger partial charge in [0.15, 0.2) is 5.11 Å². The quantitative estimate of drug-likeness (QED) is 0.357. The maximum atomic E-state index is 12.9. The summed E-state index contributed by atoms with van der Waals surface area (Å²) in [5, 5.41) is 4.43. The van der Waals surface area contributed by atoms with Gasteiger partial charge in [-0.05, 0) is 68.4 Å². The number of H-pyrrole nitrogens is 1. The summed E-state index contributed by atoms with van der Waals surface area (Å²) < 4.78 is 16.3. The fourth-order valence-corrected chi connectivity index (χ4v) is 4.39. The number of aromatic amines is 1. The summed E-state index contributed by atoms with van der Waals surface area (Å²) in [6, 6.07) is 14.5. The van der Waals surface area contributed by atoms with Crippen LogP contribution in [0, 0.1) is 0 Å². The molecular weight excluding hydrogens is 466 g/mol. The number of nitrogens with one attached hydrogen (secondary N) is 2. The molecule has 2 aromatic carbocycles. The van der Waals surface area contributed by atoms with Crippen LogP contribution in [0.1, 0.15) is 35.7 Å². The van der Waals surface area contributed by atoms with Crippen LogP contribution < -0.4 is 15.6 Å². The number of ether oxygens (including phenoxy) is 3. The van der Waals surface area contributed by atoms with Crippen molar-refractivity contribution in [1.82, 2.24) is 9.88 Å². The number of esters is 1. The zero-order valence-corrected chi connectivity index (χ0v) is 20.7. The molecule has 8 nitrogen and oxygen atoms in total. The molecule has 0 unspecified atom stereocenters. The Hall–Kier alpha value is -3.43. The molecule has 0 radical (unpaired) electrons. The van der Waals surface area contributed by atoms with E-state index in [-0.39, 0.29) is 18.2 Å². The molecule has 0 saturated carbocycles. The first-order valence-corrected chi connectivity index (χ1v) is 12.0. The van der Waals surface area contributed by atoms with Gasteiger partial charge >= 0.3 is 5.97 Å².